The Kier molecular flexibility index (Phi) is 19.8. The lowest BCUT2D eigenvalue weighted by Gasteiger charge is -2.34. The van der Waals surface area contributed by atoms with E-state index in [2.05, 4.69) is 5.32 Å². The number of esters is 5. The largest absolute Gasteiger partial charge is 0.460 e. The fraction of sp³-hybridized carbons (Fsp3) is 0.769. The number of nitrogens with two attached hydrogens (primary N) is 1. The van der Waals surface area contributed by atoms with Crippen LogP contribution < -0.4 is 11.1 Å². The fourth-order valence-electron chi connectivity index (χ4n) is 3.11. The zero-order valence-corrected chi connectivity index (χ0v) is 24.1. The molecule has 14 heteroatoms. The van der Waals surface area contributed by atoms with Gasteiger partial charge >= 0.3 is 29.8 Å². The summed E-state index contributed by atoms with van der Waals surface area (Å²) in [6.07, 6.45) is -6.35. The van der Waals surface area contributed by atoms with E-state index in [0.29, 0.717) is 19.4 Å². The molecule has 0 rings (SSSR count). The first-order valence-corrected chi connectivity index (χ1v) is 13.5. The van der Waals surface area contributed by atoms with Crippen molar-refractivity contribution in [3.8, 4) is 0 Å². The van der Waals surface area contributed by atoms with Crippen LogP contribution >= 0.6 is 0 Å². The van der Waals surface area contributed by atoms with Gasteiger partial charge in [-0.1, -0.05) is 34.1 Å². The van der Waals surface area contributed by atoms with Gasteiger partial charge < -0.3 is 39.5 Å². The molecule has 0 aromatic heterocycles. The Bertz CT molecular complexity index is 820. The van der Waals surface area contributed by atoms with Crippen LogP contribution in [0.15, 0.2) is 0 Å². The molecule has 0 aliphatic carbocycles. The molecule has 4 unspecified atom stereocenters. The molecule has 40 heavy (non-hydrogen) atoms. The number of nitrogens with one attached hydrogen (secondary N) is 1. The first kappa shape index (κ1) is 36.7. The Morgan fingerprint density at radius 1 is 0.650 bits per heavy atom. The molecular formula is C26H44N2O12. The van der Waals surface area contributed by atoms with E-state index in [9.17, 15) is 28.8 Å². The highest BCUT2D eigenvalue weighted by atomic mass is 16.6. The second kappa shape index (κ2) is 21.5. The number of ether oxygens (including phenoxy) is 6. The molecule has 0 radical (unpaired) electrons. The fourth-order valence-corrected chi connectivity index (χ4v) is 3.11. The summed E-state index contributed by atoms with van der Waals surface area (Å²) in [4.78, 5) is 76.0. The SMILES string of the molecule is CCC(=O)OC(C(=O)NCCCCCN)C(OC(=O)CC)C(OC(=O)CC)C(OC(=O)CC)C(=O)OCCOC. The minimum Gasteiger partial charge on any atom is -0.460 e. The molecule has 0 bridgehead atoms. The normalized spacial score (nSPS) is 13.7. The van der Waals surface area contributed by atoms with Crippen molar-refractivity contribution in [2.24, 2.45) is 5.73 Å². The minimum atomic E-state index is -1.98. The number of methoxy groups -OCH3 is 1. The van der Waals surface area contributed by atoms with E-state index >= 15 is 0 Å². The van der Waals surface area contributed by atoms with E-state index in [1.165, 1.54) is 34.8 Å². The molecule has 230 valence electrons. The first-order valence-electron chi connectivity index (χ1n) is 13.5. The van der Waals surface area contributed by atoms with Gasteiger partial charge in [-0.25, -0.2) is 4.79 Å². The summed E-state index contributed by atoms with van der Waals surface area (Å²) in [6, 6.07) is 0. The Morgan fingerprint density at radius 2 is 1.12 bits per heavy atom. The summed E-state index contributed by atoms with van der Waals surface area (Å²) in [5.41, 5.74) is 5.49. The summed E-state index contributed by atoms with van der Waals surface area (Å²) in [6.45, 7) is 6.25. The Balaban J connectivity index is 6.72. The Morgan fingerprint density at radius 3 is 1.60 bits per heavy atom. The molecule has 0 aliphatic heterocycles. The third kappa shape index (κ3) is 14.2. The maximum Gasteiger partial charge on any atom is 0.351 e. The van der Waals surface area contributed by atoms with E-state index in [-0.39, 0.29) is 45.4 Å². The van der Waals surface area contributed by atoms with Crippen LogP contribution in [-0.4, -0.2) is 93.6 Å². The van der Waals surface area contributed by atoms with Crippen LogP contribution in [0, 0.1) is 0 Å². The van der Waals surface area contributed by atoms with Crippen LogP contribution in [0.4, 0.5) is 0 Å². The van der Waals surface area contributed by atoms with Gasteiger partial charge in [0.2, 0.25) is 12.2 Å². The quantitative estimate of drug-likeness (QED) is 0.110. The standard InChI is InChI=1S/C26H44N2O12/c1-6-17(29)37-21(23(39-19(31)8-3)25(33)28-14-12-10-11-13-27)22(38-18(30)7-2)24(40-20(32)9-4)26(34)36-16-15-35-5/h21-24H,6-16,27H2,1-5H3,(H,28,33). The molecule has 0 heterocycles. The average Bonchev–Trinajstić information content (AvgIpc) is 2.95. The summed E-state index contributed by atoms with van der Waals surface area (Å²) < 4.78 is 31.5. The van der Waals surface area contributed by atoms with E-state index in [1.807, 2.05) is 0 Å². The summed E-state index contributed by atoms with van der Waals surface area (Å²) >= 11 is 0. The second-order valence-electron chi connectivity index (χ2n) is 8.44. The lowest BCUT2D eigenvalue weighted by atomic mass is 10.0. The molecule has 0 saturated heterocycles. The number of hydrogen-bond donors (Lipinski definition) is 2. The Labute approximate surface area is 234 Å². The molecule has 0 saturated carbocycles. The minimum absolute atomic E-state index is 0.00283. The van der Waals surface area contributed by atoms with Crippen molar-refractivity contribution in [1.82, 2.24) is 5.32 Å². The van der Waals surface area contributed by atoms with Gasteiger partial charge in [0, 0.05) is 39.3 Å². The van der Waals surface area contributed by atoms with E-state index < -0.39 is 60.2 Å². The molecule has 0 aliphatic rings. The number of hydrogen-bond acceptors (Lipinski definition) is 13. The zero-order chi connectivity index (χ0) is 30.5. The van der Waals surface area contributed by atoms with Crippen molar-refractivity contribution in [2.75, 3.05) is 33.4 Å². The number of amides is 1. The van der Waals surface area contributed by atoms with Crippen LogP contribution in [-0.2, 0) is 57.2 Å². The molecule has 0 aromatic rings. The summed E-state index contributed by atoms with van der Waals surface area (Å²) in [5.74, 6) is -5.51. The predicted octanol–water partition coefficient (Wildman–Crippen LogP) is 0.708. The maximum atomic E-state index is 13.3. The van der Waals surface area contributed by atoms with Crippen LogP contribution in [0.5, 0.6) is 0 Å². The lowest BCUT2D eigenvalue weighted by molar-refractivity contribution is -0.207. The highest BCUT2D eigenvalue weighted by Gasteiger charge is 2.50. The molecular weight excluding hydrogens is 532 g/mol. The second-order valence-corrected chi connectivity index (χ2v) is 8.44. The molecule has 3 N–H and O–H groups in total. The number of carbonyl (C=O) groups excluding carboxylic acids is 6. The van der Waals surface area contributed by atoms with E-state index in [0.717, 1.165) is 6.42 Å². The third-order valence-corrected chi connectivity index (χ3v) is 5.33. The monoisotopic (exact) mass is 576 g/mol. The highest BCUT2D eigenvalue weighted by Crippen LogP contribution is 2.22. The van der Waals surface area contributed by atoms with E-state index in [4.69, 9.17) is 34.2 Å². The smallest absolute Gasteiger partial charge is 0.351 e. The van der Waals surface area contributed by atoms with Crippen molar-refractivity contribution >= 4 is 35.8 Å². The lowest BCUT2D eigenvalue weighted by Crippen LogP contribution is -2.58. The predicted molar refractivity (Wildman–Crippen MR) is 139 cm³/mol. The molecule has 4 atom stereocenters. The van der Waals surface area contributed by atoms with Crippen molar-refractivity contribution in [2.45, 2.75) is 97.1 Å². The topological polar surface area (TPSA) is 196 Å². The average molecular weight is 577 g/mol. The van der Waals surface area contributed by atoms with Crippen LogP contribution in [0.1, 0.15) is 72.6 Å². The van der Waals surface area contributed by atoms with Gasteiger partial charge in [0.05, 0.1) is 6.61 Å². The van der Waals surface area contributed by atoms with Crippen LogP contribution in [0.3, 0.4) is 0 Å². The highest BCUT2D eigenvalue weighted by molar-refractivity contribution is 5.86. The van der Waals surface area contributed by atoms with E-state index in [1.54, 1.807) is 0 Å². The molecule has 0 fully saturated rings. The van der Waals surface area contributed by atoms with Gasteiger partial charge in [0.1, 0.15) is 6.61 Å². The van der Waals surface area contributed by atoms with Gasteiger partial charge in [-0.05, 0) is 19.4 Å². The van der Waals surface area contributed by atoms with Crippen LogP contribution in [0.25, 0.3) is 0 Å². The molecule has 0 spiro atoms. The Hall–Kier alpha value is -3.26. The van der Waals surface area contributed by atoms with Crippen molar-refractivity contribution in [3.63, 3.8) is 0 Å². The first-order chi connectivity index (χ1) is 19.1. The maximum absolute atomic E-state index is 13.3. The van der Waals surface area contributed by atoms with Crippen LogP contribution in [0.2, 0.25) is 0 Å². The molecule has 0 aromatic carbocycles. The number of unbranched alkanes of at least 4 members (excludes halogenated alkanes) is 2. The summed E-state index contributed by atoms with van der Waals surface area (Å²) in [5, 5.41) is 2.60. The van der Waals surface area contributed by atoms with Crippen molar-refractivity contribution < 1.29 is 57.2 Å². The van der Waals surface area contributed by atoms with Crippen molar-refractivity contribution in [3.05, 3.63) is 0 Å². The van der Waals surface area contributed by atoms with Gasteiger partial charge in [-0.15, -0.1) is 0 Å². The van der Waals surface area contributed by atoms with Crippen molar-refractivity contribution in [1.29, 1.82) is 0 Å². The van der Waals surface area contributed by atoms with Gasteiger partial charge in [-0.3, -0.25) is 24.0 Å². The third-order valence-electron chi connectivity index (χ3n) is 5.33. The molecule has 14 nitrogen and oxygen atoms in total. The van der Waals surface area contributed by atoms with Gasteiger partial charge in [0.25, 0.3) is 5.91 Å². The number of rotatable bonds is 21. The van der Waals surface area contributed by atoms with Gasteiger partial charge in [-0.2, -0.15) is 0 Å². The summed E-state index contributed by atoms with van der Waals surface area (Å²) in [7, 11) is 1.37. The molecule has 1 amide bonds. The number of carbonyl (C=O) groups is 6. The van der Waals surface area contributed by atoms with Gasteiger partial charge in [0.15, 0.2) is 12.2 Å². The zero-order valence-electron chi connectivity index (χ0n) is 24.1.